The number of hydrogen-bond acceptors (Lipinski definition) is 4. The Kier molecular flexibility index (Phi) is 4.91. The van der Waals surface area contributed by atoms with Crippen molar-refractivity contribution in [2.24, 2.45) is 11.0 Å². The zero-order valence-electron chi connectivity index (χ0n) is 15.6. The van der Waals surface area contributed by atoms with Crippen LogP contribution in [0.25, 0.3) is 0 Å². The number of carbonyl (C=O) groups is 1. The Morgan fingerprint density at radius 1 is 0.966 bits per heavy atom. The highest BCUT2D eigenvalue weighted by Crippen LogP contribution is 2.58. The van der Waals surface area contributed by atoms with Crippen LogP contribution in [0.2, 0.25) is 0 Å². The molecule has 3 aromatic rings. The average molecular weight is 385 g/mol. The van der Waals surface area contributed by atoms with Crippen LogP contribution in [0.1, 0.15) is 23.1 Å². The van der Waals surface area contributed by atoms with Crippen LogP contribution < -0.4 is 5.43 Å². The molecule has 1 aliphatic carbocycles. The summed E-state index contributed by atoms with van der Waals surface area (Å²) in [7, 11) is 0. The third-order valence-corrected chi connectivity index (χ3v) is 5.35. The molecule has 1 N–H and O–H groups in total. The Hall–Kier alpha value is -3.80. The monoisotopic (exact) mass is 385 g/mol. The van der Waals surface area contributed by atoms with E-state index in [1.165, 1.54) is 18.3 Å². The molecule has 0 heterocycles. The summed E-state index contributed by atoms with van der Waals surface area (Å²) in [6.07, 6.45) is 2.20. The number of carbonyl (C=O) groups excluding carboxylic acids is 1. The molecular formula is C23H19N3O3. The summed E-state index contributed by atoms with van der Waals surface area (Å²) in [6.45, 7) is 0. The third kappa shape index (κ3) is 3.65. The average Bonchev–Trinajstić information content (AvgIpc) is 3.52. The second-order valence-electron chi connectivity index (χ2n) is 7.04. The quantitative estimate of drug-likeness (QED) is 0.395. The van der Waals surface area contributed by atoms with Crippen LogP contribution in [0, 0.1) is 16.0 Å². The summed E-state index contributed by atoms with van der Waals surface area (Å²) in [5, 5.41) is 14.7. The zero-order valence-corrected chi connectivity index (χ0v) is 15.6. The van der Waals surface area contributed by atoms with E-state index in [2.05, 4.69) is 34.8 Å². The van der Waals surface area contributed by atoms with E-state index in [9.17, 15) is 14.9 Å². The van der Waals surface area contributed by atoms with Gasteiger partial charge in [-0.3, -0.25) is 14.9 Å². The minimum atomic E-state index is -0.456. The number of nitrogens with zero attached hydrogens (tertiary/aromatic N) is 2. The van der Waals surface area contributed by atoms with Gasteiger partial charge in [-0.2, -0.15) is 5.10 Å². The molecule has 29 heavy (non-hydrogen) atoms. The molecule has 1 fully saturated rings. The van der Waals surface area contributed by atoms with E-state index in [1.807, 2.05) is 36.4 Å². The summed E-state index contributed by atoms with van der Waals surface area (Å²) in [6, 6.07) is 26.1. The molecule has 1 saturated carbocycles. The molecule has 1 amide bonds. The van der Waals surface area contributed by atoms with E-state index in [1.54, 1.807) is 12.1 Å². The predicted molar refractivity (Wildman–Crippen MR) is 111 cm³/mol. The maximum Gasteiger partial charge on any atom is 0.269 e. The standard InChI is InChI=1S/C23H19N3O3/c27-22(25-24-16-17-11-13-20(14-12-17)26(28)29)21-15-23(21,18-7-3-1-4-8-18)19-9-5-2-6-10-19/h1-14,16,21H,15H2,(H,25,27)/b24-16-/t21-/m0/s1. The highest BCUT2D eigenvalue weighted by atomic mass is 16.6. The van der Waals surface area contributed by atoms with Gasteiger partial charge in [-0.15, -0.1) is 0 Å². The summed E-state index contributed by atoms with van der Waals surface area (Å²) >= 11 is 0. The summed E-state index contributed by atoms with van der Waals surface area (Å²) in [5.74, 6) is -0.350. The largest absolute Gasteiger partial charge is 0.273 e. The van der Waals surface area contributed by atoms with E-state index in [0.29, 0.717) is 5.56 Å². The second kappa shape index (κ2) is 7.67. The van der Waals surface area contributed by atoms with Gasteiger partial charge >= 0.3 is 0 Å². The van der Waals surface area contributed by atoms with Crippen molar-refractivity contribution >= 4 is 17.8 Å². The van der Waals surface area contributed by atoms with Gasteiger partial charge in [-0.1, -0.05) is 60.7 Å². The van der Waals surface area contributed by atoms with Crippen LogP contribution in [-0.4, -0.2) is 17.0 Å². The van der Waals surface area contributed by atoms with Crippen molar-refractivity contribution in [3.8, 4) is 0 Å². The number of hydrazone groups is 1. The molecule has 4 rings (SSSR count). The van der Waals surface area contributed by atoms with Crippen LogP contribution in [0.3, 0.4) is 0 Å². The maximum atomic E-state index is 12.8. The van der Waals surface area contributed by atoms with Crippen LogP contribution in [0.5, 0.6) is 0 Å². The first-order valence-electron chi connectivity index (χ1n) is 9.30. The number of non-ortho nitro benzene ring substituents is 1. The van der Waals surface area contributed by atoms with E-state index in [4.69, 9.17) is 0 Å². The second-order valence-corrected chi connectivity index (χ2v) is 7.04. The fourth-order valence-electron chi connectivity index (χ4n) is 3.79. The van der Waals surface area contributed by atoms with E-state index < -0.39 is 4.92 Å². The van der Waals surface area contributed by atoms with Crippen LogP contribution in [0.4, 0.5) is 5.69 Å². The Morgan fingerprint density at radius 3 is 2.03 bits per heavy atom. The summed E-state index contributed by atoms with van der Waals surface area (Å²) in [5.41, 5.74) is 5.20. The fourth-order valence-corrected chi connectivity index (χ4v) is 3.79. The molecule has 0 unspecified atom stereocenters. The maximum absolute atomic E-state index is 12.8. The first kappa shape index (κ1) is 18.6. The van der Waals surface area contributed by atoms with Gasteiger partial charge in [0.1, 0.15) is 0 Å². The van der Waals surface area contributed by atoms with Gasteiger partial charge in [-0.25, -0.2) is 5.43 Å². The topological polar surface area (TPSA) is 84.6 Å². The predicted octanol–water partition coefficient (Wildman–Crippen LogP) is 4.05. The number of nitro groups is 1. The zero-order chi connectivity index (χ0) is 20.3. The molecule has 1 atom stereocenters. The molecule has 6 nitrogen and oxygen atoms in total. The minimum absolute atomic E-state index is 0.0136. The van der Waals surface area contributed by atoms with Crippen molar-refractivity contribution in [1.29, 1.82) is 0 Å². The number of nitro benzene ring substituents is 1. The molecule has 0 aliphatic heterocycles. The van der Waals surface area contributed by atoms with E-state index in [-0.39, 0.29) is 22.9 Å². The molecule has 0 saturated heterocycles. The molecular weight excluding hydrogens is 366 g/mol. The molecule has 0 spiro atoms. The van der Waals surface area contributed by atoms with Crippen molar-refractivity contribution in [1.82, 2.24) is 5.43 Å². The third-order valence-electron chi connectivity index (χ3n) is 5.35. The van der Waals surface area contributed by atoms with Gasteiger partial charge in [0.25, 0.3) is 5.69 Å². The van der Waals surface area contributed by atoms with E-state index in [0.717, 1.165) is 17.5 Å². The number of benzene rings is 3. The van der Waals surface area contributed by atoms with Gasteiger partial charge < -0.3 is 0 Å². The Balaban J connectivity index is 1.49. The highest BCUT2D eigenvalue weighted by Gasteiger charge is 2.60. The number of hydrogen-bond donors (Lipinski definition) is 1. The van der Waals surface area contributed by atoms with Crippen LogP contribution in [-0.2, 0) is 10.2 Å². The lowest BCUT2D eigenvalue weighted by atomic mass is 9.85. The lowest BCUT2D eigenvalue weighted by Gasteiger charge is -2.18. The Bertz CT molecular complexity index is 1010. The SMILES string of the molecule is O=C(N/N=C\c1ccc([N+](=O)[O-])cc1)[C@@H]1CC1(c1ccccc1)c1ccccc1. The van der Waals surface area contributed by atoms with Gasteiger partial charge in [0.2, 0.25) is 5.91 Å². The molecule has 6 heteroatoms. The van der Waals surface area contributed by atoms with Crippen molar-refractivity contribution in [2.45, 2.75) is 11.8 Å². The minimum Gasteiger partial charge on any atom is -0.273 e. The lowest BCUT2D eigenvalue weighted by molar-refractivity contribution is -0.384. The van der Waals surface area contributed by atoms with Crippen molar-refractivity contribution in [3.63, 3.8) is 0 Å². The summed E-state index contributed by atoms with van der Waals surface area (Å²) in [4.78, 5) is 23.0. The van der Waals surface area contributed by atoms with Gasteiger partial charge in [0.05, 0.1) is 17.1 Å². The molecule has 0 bridgehead atoms. The van der Waals surface area contributed by atoms with Crippen LogP contribution in [0.15, 0.2) is 90.0 Å². The van der Waals surface area contributed by atoms with Crippen molar-refractivity contribution in [3.05, 3.63) is 112 Å². The van der Waals surface area contributed by atoms with Crippen molar-refractivity contribution < 1.29 is 9.72 Å². The number of amides is 1. The molecule has 0 radical (unpaired) electrons. The number of nitrogens with one attached hydrogen (secondary N) is 1. The lowest BCUT2D eigenvalue weighted by Crippen LogP contribution is -2.25. The Labute approximate surface area is 168 Å². The normalized spacial score (nSPS) is 17.0. The Morgan fingerprint density at radius 2 is 1.52 bits per heavy atom. The molecule has 3 aromatic carbocycles. The number of rotatable bonds is 6. The highest BCUT2D eigenvalue weighted by molar-refractivity contribution is 5.87. The smallest absolute Gasteiger partial charge is 0.269 e. The van der Waals surface area contributed by atoms with Crippen molar-refractivity contribution in [2.75, 3.05) is 0 Å². The van der Waals surface area contributed by atoms with E-state index >= 15 is 0 Å². The molecule has 1 aliphatic rings. The molecule has 0 aromatic heterocycles. The van der Waals surface area contributed by atoms with Gasteiger partial charge in [0, 0.05) is 17.5 Å². The fraction of sp³-hybridized carbons (Fsp3) is 0.130. The summed E-state index contributed by atoms with van der Waals surface area (Å²) < 4.78 is 0. The van der Waals surface area contributed by atoms with Crippen LogP contribution >= 0.6 is 0 Å². The van der Waals surface area contributed by atoms with Gasteiger partial charge in [0.15, 0.2) is 0 Å². The van der Waals surface area contributed by atoms with Gasteiger partial charge in [-0.05, 0) is 35.2 Å². The molecule has 144 valence electrons. The first-order chi connectivity index (χ1) is 14.1. The first-order valence-corrected chi connectivity index (χ1v) is 9.30.